The predicted molar refractivity (Wildman–Crippen MR) is 95.1 cm³/mol. The predicted octanol–water partition coefficient (Wildman–Crippen LogP) is 2.93. The van der Waals surface area contributed by atoms with Crippen LogP contribution in [-0.2, 0) is 22.5 Å². The molecule has 0 saturated carbocycles. The Morgan fingerprint density at radius 1 is 1.24 bits per heavy atom. The number of aryl methyl sites for hydroxylation is 1. The number of carbonyl (C=O) groups is 1. The Kier molecular flexibility index (Phi) is 6.01. The molecule has 1 aliphatic rings. The second-order valence-corrected chi connectivity index (χ2v) is 6.39. The first kappa shape index (κ1) is 17.4. The third-order valence-corrected chi connectivity index (χ3v) is 4.53. The Morgan fingerprint density at radius 2 is 2.04 bits per heavy atom. The summed E-state index contributed by atoms with van der Waals surface area (Å²) in [6, 6.07) is 11.0. The summed E-state index contributed by atoms with van der Waals surface area (Å²) in [6.07, 6.45) is 6.72. The highest BCUT2D eigenvalue weighted by Gasteiger charge is 2.23. The van der Waals surface area contributed by atoms with Crippen LogP contribution in [0.3, 0.4) is 0 Å². The molecule has 1 aromatic carbocycles. The van der Waals surface area contributed by atoms with E-state index in [1.807, 2.05) is 29.2 Å². The molecule has 1 atom stereocenters. The minimum absolute atomic E-state index is 0.0792. The van der Waals surface area contributed by atoms with E-state index in [1.165, 1.54) is 0 Å². The van der Waals surface area contributed by atoms with E-state index in [0.717, 1.165) is 30.6 Å². The molecule has 132 valence electrons. The zero-order valence-corrected chi connectivity index (χ0v) is 14.3. The van der Waals surface area contributed by atoms with Crippen molar-refractivity contribution in [3.63, 3.8) is 0 Å². The summed E-state index contributed by atoms with van der Waals surface area (Å²) >= 11 is 0. The monoisotopic (exact) mass is 340 g/mol. The van der Waals surface area contributed by atoms with Crippen molar-refractivity contribution < 1.29 is 14.6 Å². The third kappa shape index (κ3) is 5.03. The van der Waals surface area contributed by atoms with E-state index >= 15 is 0 Å². The number of phenols is 1. The van der Waals surface area contributed by atoms with Gasteiger partial charge in [0.1, 0.15) is 5.75 Å². The maximum atomic E-state index is 12.8. The molecule has 1 saturated heterocycles. The van der Waals surface area contributed by atoms with Crippen LogP contribution < -0.4 is 0 Å². The first-order chi connectivity index (χ1) is 12.2. The van der Waals surface area contributed by atoms with Crippen molar-refractivity contribution in [2.75, 3.05) is 13.2 Å². The zero-order valence-electron chi connectivity index (χ0n) is 14.3. The fourth-order valence-corrected chi connectivity index (χ4v) is 3.10. The van der Waals surface area contributed by atoms with Crippen molar-refractivity contribution in [3.05, 3.63) is 59.9 Å². The average molecular weight is 340 g/mol. The van der Waals surface area contributed by atoms with E-state index in [2.05, 4.69) is 4.98 Å². The topological polar surface area (TPSA) is 62.7 Å². The molecule has 1 aliphatic heterocycles. The number of benzene rings is 1. The fourth-order valence-electron chi connectivity index (χ4n) is 3.10. The standard InChI is InChI=1S/C20H24N2O3/c23-19-6-2-1-4-17(19)14-22(15-18-5-3-13-25-18)20(24)8-7-16-9-11-21-12-10-16/h1-2,4,6,9-12,18,23H,3,5,7-8,13-15H2/t18-/m1/s1. The van der Waals surface area contributed by atoms with Gasteiger partial charge in [-0.15, -0.1) is 0 Å². The van der Waals surface area contributed by atoms with Crippen LogP contribution in [0.25, 0.3) is 0 Å². The van der Waals surface area contributed by atoms with Crippen LogP contribution in [0.4, 0.5) is 0 Å². The summed E-state index contributed by atoms with van der Waals surface area (Å²) in [4.78, 5) is 18.6. The Morgan fingerprint density at radius 3 is 2.76 bits per heavy atom. The van der Waals surface area contributed by atoms with Gasteiger partial charge in [-0.25, -0.2) is 0 Å². The number of aromatic hydroxyl groups is 1. The molecule has 5 heteroatoms. The van der Waals surface area contributed by atoms with E-state index in [4.69, 9.17) is 4.74 Å². The van der Waals surface area contributed by atoms with Crippen molar-refractivity contribution in [1.29, 1.82) is 0 Å². The van der Waals surface area contributed by atoms with E-state index in [9.17, 15) is 9.90 Å². The molecular weight excluding hydrogens is 316 g/mol. The first-order valence-electron chi connectivity index (χ1n) is 8.77. The summed E-state index contributed by atoms with van der Waals surface area (Å²) < 4.78 is 5.70. The lowest BCUT2D eigenvalue weighted by molar-refractivity contribution is -0.133. The van der Waals surface area contributed by atoms with Crippen LogP contribution in [0.15, 0.2) is 48.8 Å². The number of rotatable bonds is 7. The molecule has 3 rings (SSSR count). The molecule has 1 aromatic heterocycles. The van der Waals surface area contributed by atoms with Gasteiger partial charge in [0.2, 0.25) is 5.91 Å². The number of aromatic nitrogens is 1. The fraction of sp³-hybridized carbons (Fsp3) is 0.400. The molecule has 2 heterocycles. The molecule has 0 spiro atoms. The molecule has 0 unspecified atom stereocenters. The molecule has 25 heavy (non-hydrogen) atoms. The smallest absolute Gasteiger partial charge is 0.223 e. The van der Waals surface area contributed by atoms with E-state index in [0.29, 0.717) is 25.9 Å². The number of amides is 1. The summed E-state index contributed by atoms with van der Waals surface area (Å²) in [6.45, 7) is 1.74. The number of ether oxygens (including phenoxy) is 1. The highest BCUT2D eigenvalue weighted by molar-refractivity contribution is 5.76. The Balaban J connectivity index is 1.66. The highest BCUT2D eigenvalue weighted by atomic mass is 16.5. The maximum absolute atomic E-state index is 12.8. The third-order valence-electron chi connectivity index (χ3n) is 4.53. The lowest BCUT2D eigenvalue weighted by Gasteiger charge is -2.26. The molecule has 0 aliphatic carbocycles. The lowest BCUT2D eigenvalue weighted by Crippen LogP contribution is -2.37. The number of hydrogen-bond acceptors (Lipinski definition) is 4. The van der Waals surface area contributed by atoms with Gasteiger partial charge in [0.15, 0.2) is 0 Å². The van der Waals surface area contributed by atoms with Gasteiger partial charge in [0, 0.05) is 44.1 Å². The summed E-state index contributed by atoms with van der Waals surface area (Å²) in [5.41, 5.74) is 1.86. The Labute approximate surface area is 148 Å². The average Bonchev–Trinajstić information content (AvgIpc) is 3.15. The van der Waals surface area contributed by atoms with Gasteiger partial charge >= 0.3 is 0 Å². The van der Waals surface area contributed by atoms with E-state index in [-0.39, 0.29) is 17.8 Å². The minimum Gasteiger partial charge on any atom is -0.508 e. The molecule has 0 bridgehead atoms. The number of para-hydroxylation sites is 1. The van der Waals surface area contributed by atoms with Crippen LogP contribution in [-0.4, -0.2) is 40.2 Å². The van der Waals surface area contributed by atoms with Gasteiger partial charge in [-0.3, -0.25) is 9.78 Å². The van der Waals surface area contributed by atoms with Gasteiger partial charge in [-0.1, -0.05) is 18.2 Å². The summed E-state index contributed by atoms with van der Waals surface area (Å²) in [7, 11) is 0. The number of phenolic OH excluding ortho intramolecular Hbond substituents is 1. The van der Waals surface area contributed by atoms with Gasteiger partial charge in [0.05, 0.1) is 6.10 Å². The van der Waals surface area contributed by atoms with Crippen molar-refractivity contribution in [3.8, 4) is 5.75 Å². The molecular formula is C20H24N2O3. The van der Waals surface area contributed by atoms with Crippen molar-refractivity contribution in [1.82, 2.24) is 9.88 Å². The lowest BCUT2D eigenvalue weighted by atomic mass is 10.1. The van der Waals surface area contributed by atoms with Crippen LogP contribution >= 0.6 is 0 Å². The van der Waals surface area contributed by atoms with Crippen molar-refractivity contribution in [2.24, 2.45) is 0 Å². The second-order valence-electron chi connectivity index (χ2n) is 6.39. The molecule has 5 nitrogen and oxygen atoms in total. The minimum atomic E-state index is 0.0792. The van der Waals surface area contributed by atoms with Crippen LogP contribution in [0.5, 0.6) is 5.75 Å². The Bertz CT molecular complexity index is 684. The molecule has 1 amide bonds. The van der Waals surface area contributed by atoms with Gasteiger partial charge in [0.25, 0.3) is 0 Å². The van der Waals surface area contributed by atoms with Crippen LogP contribution in [0, 0.1) is 0 Å². The van der Waals surface area contributed by atoms with Gasteiger partial charge in [-0.2, -0.15) is 0 Å². The maximum Gasteiger partial charge on any atom is 0.223 e. The van der Waals surface area contributed by atoms with E-state index in [1.54, 1.807) is 24.5 Å². The SMILES string of the molecule is O=C(CCc1ccncc1)N(Cc1ccccc1O)C[C@H]1CCCO1. The Hall–Kier alpha value is -2.40. The second kappa shape index (κ2) is 8.62. The first-order valence-corrected chi connectivity index (χ1v) is 8.77. The number of hydrogen-bond donors (Lipinski definition) is 1. The largest absolute Gasteiger partial charge is 0.508 e. The number of pyridine rings is 1. The van der Waals surface area contributed by atoms with Crippen molar-refractivity contribution >= 4 is 5.91 Å². The molecule has 2 aromatic rings. The molecule has 1 N–H and O–H groups in total. The quantitative estimate of drug-likeness (QED) is 0.842. The van der Waals surface area contributed by atoms with Crippen LogP contribution in [0.2, 0.25) is 0 Å². The normalized spacial score (nSPS) is 16.7. The summed E-state index contributed by atoms with van der Waals surface area (Å²) in [5, 5.41) is 10.0. The van der Waals surface area contributed by atoms with Crippen LogP contribution in [0.1, 0.15) is 30.4 Å². The molecule has 1 fully saturated rings. The molecule has 0 radical (unpaired) electrons. The number of nitrogens with zero attached hydrogens (tertiary/aromatic N) is 2. The summed E-state index contributed by atoms with van der Waals surface area (Å²) in [5.74, 6) is 0.303. The van der Waals surface area contributed by atoms with E-state index < -0.39 is 0 Å². The van der Waals surface area contributed by atoms with Crippen molar-refractivity contribution in [2.45, 2.75) is 38.3 Å². The zero-order chi connectivity index (χ0) is 17.5. The van der Waals surface area contributed by atoms with Gasteiger partial charge in [-0.05, 0) is 43.0 Å². The highest BCUT2D eigenvalue weighted by Crippen LogP contribution is 2.21. The van der Waals surface area contributed by atoms with Gasteiger partial charge < -0.3 is 14.7 Å². The number of carbonyl (C=O) groups excluding carboxylic acids is 1.